The van der Waals surface area contributed by atoms with Gasteiger partial charge in [-0.2, -0.15) is 0 Å². The molecule has 0 aromatic rings. The Hall–Kier alpha value is -1.01. The van der Waals surface area contributed by atoms with Crippen LogP contribution in [0.4, 0.5) is 0 Å². The van der Waals surface area contributed by atoms with Crippen molar-refractivity contribution in [2.24, 2.45) is 5.73 Å². The molecule has 1 aliphatic heterocycles. The first kappa shape index (κ1) is 16.0. The van der Waals surface area contributed by atoms with Crippen molar-refractivity contribution in [3.05, 3.63) is 11.8 Å². The third-order valence-electron chi connectivity index (χ3n) is 2.93. The quantitative estimate of drug-likeness (QED) is 0.385. The van der Waals surface area contributed by atoms with Crippen molar-refractivity contribution in [3.8, 4) is 0 Å². The van der Waals surface area contributed by atoms with Gasteiger partial charge in [-0.25, -0.2) is 0 Å². The molecule has 7 nitrogen and oxygen atoms in total. The summed E-state index contributed by atoms with van der Waals surface area (Å²) >= 11 is 0. The van der Waals surface area contributed by atoms with E-state index in [1.54, 1.807) is 6.92 Å². The van der Waals surface area contributed by atoms with Crippen LogP contribution in [0.3, 0.4) is 0 Å². The number of nitrogens with two attached hydrogens (primary N) is 1. The zero-order valence-electron chi connectivity index (χ0n) is 11.0. The molecule has 3 N–H and O–H groups in total. The number of carbonyl (C=O) groups is 2. The van der Waals surface area contributed by atoms with Gasteiger partial charge in [-0.15, -0.1) is 0 Å². The molecule has 0 aliphatic carbocycles. The van der Waals surface area contributed by atoms with Gasteiger partial charge < -0.3 is 20.3 Å². The fraction of sp³-hybridized carbons (Fsp3) is 0.636. The van der Waals surface area contributed by atoms with Gasteiger partial charge in [0, 0.05) is 40.8 Å². The highest BCUT2D eigenvalue weighted by molar-refractivity contribution is 7.09. The van der Waals surface area contributed by atoms with Crippen LogP contribution in [0.5, 0.6) is 0 Å². The first-order valence-corrected chi connectivity index (χ1v) is 6.36. The molecule has 0 saturated carbocycles. The normalized spacial score (nSPS) is 27.2. The van der Waals surface area contributed by atoms with Crippen molar-refractivity contribution in [3.63, 3.8) is 0 Å². The molecule has 1 fully saturated rings. The molecule has 1 rings (SSSR count). The molecule has 8 heteroatoms. The van der Waals surface area contributed by atoms with Crippen LogP contribution in [0.1, 0.15) is 13.3 Å². The van der Waals surface area contributed by atoms with Crippen molar-refractivity contribution < 1.29 is 18.8 Å². The van der Waals surface area contributed by atoms with Gasteiger partial charge in [0.05, 0.1) is 12.7 Å². The number of amides is 2. The van der Waals surface area contributed by atoms with Crippen LogP contribution in [0.15, 0.2) is 11.8 Å². The standard InChI is InChI=1S/C11H20N3O4P/c1-7(11(16)13-2)4-14(6-15)10-3-8(12)9(18-10)5-17-19/h4,6,8-10H,3,5,12,19H2,1-2H3,(H,13,16)/b7-4-. The second-order valence-corrected chi connectivity index (χ2v) is 4.64. The summed E-state index contributed by atoms with van der Waals surface area (Å²) < 4.78 is 10.6. The average molecular weight is 289 g/mol. The third-order valence-corrected chi connectivity index (χ3v) is 3.12. The minimum Gasteiger partial charge on any atom is -0.363 e. The van der Waals surface area contributed by atoms with Gasteiger partial charge in [0.1, 0.15) is 6.23 Å². The molecule has 0 aromatic heterocycles. The zero-order valence-corrected chi connectivity index (χ0v) is 12.2. The van der Waals surface area contributed by atoms with E-state index in [1.807, 2.05) is 0 Å². The lowest BCUT2D eigenvalue weighted by Crippen LogP contribution is -2.33. The SMILES string of the molecule is CNC(=O)/C(C)=C\N(C=O)C1CC(N)C(COP)O1. The van der Waals surface area contributed by atoms with E-state index in [0.717, 1.165) is 0 Å². The molecule has 4 atom stereocenters. The molecule has 1 aliphatic rings. The summed E-state index contributed by atoms with van der Waals surface area (Å²) in [5.41, 5.74) is 6.32. The monoisotopic (exact) mass is 289 g/mol. The lowest BCUT2D eigenvalue weighted by atomic mass is 10.1. The summed E-state index contributed by atoms with van der Waals surface area (Å²) in [5.74, 6) is -0.251. The highest BCUT2D eigenvalue weighted by Crippen LogP contribution is 2.22. The van der Waals surface area contributed by atoms with Crippen molar-refractivity contribution in [1.82, 2.24) is 10.2 Å². The fourth-order valence-electron chi connectivity index (χ4n) is 1.85. The fourth-order valence-corrected chi connectivity index (χ4v) is 2.04. The Morgan fingerprint density at radius 1 is 1.68 bits per heavy atom. The topological polar surface area (TPSA) is 93.9 Å². The van der Waals surface area contributed by atoms with Crippen LogP contribution in [-0.4, -0.2) is 49.2 Å². The molecule has 1 heterocycles. The molecule has 0 radical (unpaired) electrons. The van der Waals surface area contributed by atoms with Crippen LogP contribution in [0, 0.1) is 0 Å². The minimum atomic E-state index is -0.475. The predicted molar refractivity (Wildman–Crippen MR) is 72.6 cm³/mol. The molecule has 0 aromatic carbocycles. The van der Waals surface area contributed by atoms with Gasteiger partial charge in [0.25, 0.3) is 0 Å². The maximum Gasteiger partial charge on any atom is 0.248 e. The van der Waals surface area contributed by atoms with Gasteiger partial charge >= 0.3 is 0 Å². The number of nitrogens with zero attached hydrogens (tertiary/aromatic N) is 1. The third kappa shape index (κ3) is 4.24. The van der Waals surface area contributed by atoms with Crippen molar-refractivity contribution in [1.29, 1.82) is 0 Å². The van der Waals surface area contributed by atoms with Crippen LogP contribution < -0.4 is 11.1 Å². The molecule has 4 unspecified atom stereocenters. The number of hydrogen-bond acceptors (Lipinski definition) is 5. The van der Waals surface area contributed by atoms with Crippen molar-refractivity contribution >= 4 is 21.8 Å². The Kier molecular flexibility index (Phi) is 6.37. The Bertz CT molecular complexity index is 364. The molecule has 0 bridgehead atoms. The van der Waals surface area contributed by atoms with Gasteiger partial charge in [0.15, 0.2) is 0 Å². The van der Waals surface area contributed by atoms with Crippen LogP contribution in [0.2, 0.25) is 0 Å². The van der Waals surface area contributed by atoms with Gasteiger partial charge in [-0.3, -0.25) is 14.5 Å². The molecule has 1 saturated heterocycles. The minimum absolute atomic E-state index is 0.207. The molecular formula is C11H20N3O4P. The van der Waals surface area contributed by atoms with E-state index in [4.69, 9.17) is 15.0 Å². The largest absolute Gasteiger partial charge is 0.363 e. The van der Waals surface area contributed by atoms with E-state index in [-0.39, 0.29) is 18.1 Å². The van der Waals surface area contributed by atoms with E-state index in [0.29, 0.717) is 25.0 Å². The van der Waals surface area contributed by atoms with Crippen molar-refractivity contribution in [2.75, 3.05) is 13.7 Å². The second kappa shape index (κ2) is 7.55. The highest BCUT2D eigenvalue weighted by atomic mass is 31.0. The van der Waals surface area contributed by atoms with Gasteiger partial charge in [-0.05, 0) is 6.92 Å². The van der Waals surface area contributed by atoms with Crippen LogP contribution in [0.25, 0.3) is 0 Å². The number of nitrogens with one attached hydrogen (secondary N) is 1. The van der Waals surface area contributed by atoms with E-state index < -0.39 is 6.23 Å². The van der Waals surface area contributed by atoms with E-state index in [2.05, 4.69) is 14.8 Å². The maximum atomic E-state index is 11.4. The summed E-state index contributed by atoms with van der Waals surface area (Å²) in [6.45, 7) is 1.96. The lowest BCUT2D eigenvalue weighted by molar-refractivity contribution is -0.127. The Morgan fingerprint density at radius 2 is 2.37 bits per heavy atom. The van der Waals surface area contributed by atoms with E-state index >= 15 is 0 Å². The molecular weight excluding hydrogens is 269 g/mol. The van der Waals surface area contributed by atoms with Crippen molar-refractivity contribution in [2.45, 2.75) is 31.7 Å². The highest BCUT2D eigenvalue weighted by Gasteiger charge is 2.35. The Morgan fingerprint density at radius 3 is 2.89 bits per heavy atom. The first-order valence-electron chi connectivity index (χ1n) is 5.89. The summed E-state index contributed by atoms with van der Waals surface area (Å²) in [4.78, 5) is 23.8. The maximum absolute atomic E-state index is 11.4. The summed E-state index contributed by atoms with van der Waals surface area (Å²) in [6, 6.07) is -0.207. The smallest absolute Gasteiger partial charge is 0.248 e. The van der Waals surface area contributed by atoms with Gasteiger partial charge in [-0.1, -0.05) is 0 Å². The van der Waals surface area contributed by atoms with E-state index in [1.165, 1.54) is 18.1 Å². The van der Waals surface area contributed by atoms with E-state index in [9.17, 15) is 9.59 Å². The number of carbonyl (C=O) groups excluding carboxylic acids is 2. The van der Waals surface area contributed by atoms with Crippen LogP contribution >= 0.6 is 9.47 Å². The number of rotatable bonds is 6. The summed E-state index contributed by atoms with van der Waals surface area (Å²) in [6.07, 6.45) is 1.83. The molecule has 19 heavy (non-hydrogen) atoms. The number of ether oxygens (including phenoxy) is 1. The Balaban J connectivity index is 2.72. The second-order valence-electron chi connectivity index (χ2n) is 4.31. The van der Waals surface area contributed by atoms with Crippen LogP contribution in [-0.2, 0) is 18.8 Å². The number of hydrogen-bond donors (Lipinski definition) is 2. The summed E-state index contributed by atoms with van der Waals surface area (Å²) in [5, 5.41) is 2.48. The predicted octanol–water partition coefficient (Wildman–Crippen LogP) is -0.656. The van der Waals surface area contributed by atoms with Gasteiger partial charge in [0.2, 0.25) is 12.3 Å². The average Bonchev–Trinajstić information content (AvgIpc) is 2.76. The summed E-state index contributed by atoms with van der Waals surface area (Å²) in [7, 11) is 3.66. The zero-order chi connectivity index (χ0) is 14.4. The molecule has 0 spiro atoms. The molecule has 2 amide bonds. The molecule has 108 valence electrons. The lowest BCUT2D eigenvalue weighted by Gasteiger charge is -2.21. The first-order chi connectivity index (χ1) is 9.03. The Labute approximate surface area is 114 Å². The number of likely N-dealkylation sites (N-methyl/N-ethyl adjacent to an activating group) is 1.